The largest absolute Gasteiger partial charge is 0.454 e. The van der Waals surface area contributed by atoms with E-state index in [0.29, 0.717) is 41.5 Å². The van der Waals surface area contributed by atoms with Crippen LogP contribution in [0.5, 0.6) is 11.5 Å². The lowest BCUT2D eigenvalue weighted by molar-refractivity contribution is -0.120. The Kier molecular flexibility index (Phi) is 5.46. The molecule has 1 atom stereocenters. The van der Waals surface area contributed by atoms with Crippen LogP contribution in [0.3, 0.4) is 0 Å². The molecule has 1 amide bonds. The van der Waals surface area contributed by atoms with Crippen molar-refractivity contribution in [3.63, 3.8) is 0 Å². The van der Waals surface area contributed by atoms with Gasteiger partial charge in [-0.25, -0.2) is 8.42 Å². The Hall–Kier alpha value is -2.58. The lowest BCUT2D eigenvalue weighted by Gasteiger charge is -2.32. The summed E-state index contributed by atoms with van der Waals surface area (Å²) in [5, 5.41) is 2.89. The third-order valence-electron chi connectivity index (χ3n) is 5.60. The summed E-state index contributed by atoms with van der Waals surface area (Å²) in [6.45, 7) is 6.35. The number of anilines is 1. The third kappa shape index (κ3) is 3.89. The molecule has 2 aromatic rings. The first-order valence-electron chi connectivity index (χ1n) is 10.0. The lowest BCUT2D eigenvalue weighted by Crippen LogP contribution is -2.44. The minimum absolute atomic E-state index is 0.167. The molecule has 0 bridgehead atoms. The maximum absolute atomic E-state index is 13.4. The van der Waals surface area contributed by atoms with E-state index in [0.717, 1.165) is 16.7 Å². The van der Waals surface area contributed by atoms with E-state index >= 15 is 0 Å². The monoisotopic (exact) mass is 430 g/mol. The first kappa shape index (κ1) is 20.7. The summed E-state index contributed by atoms with van der Waals surface area (Å²) in [6, 6.07) is 8.98. The second-order valence-electron chi connectivity index (χ2n) is 7.99. The Balaban J connectivity index is 1.51. The Morgan fingerprint density at radius 2 is 1.77 bits per heavy atom. The molecule has 0 saturated carbocycles. The van der Waals surface area contributed by atoms with E-state index in [2.05, 4.69) is 5.32 Å². The first-order chi connectivity index (χ1) is 14.3. The number of hydrogen-bond donors (Lipinski definition) is 1. The first-order valence-corrected chi connectivity index (χ1v) is 11.5. The van der Waals surface area contributed by atoms with Crippen molar-refractivity contribution < 1.29 is 22.7 Å². The molecule has 2 aliphatic rings. The highest BCUT2D eigenvalue weighted by molar-refractivity contribution is 7.89. The summed E-state index contributed by atoms with van der Waals surface area (Å²) in [5.41, 5.74) is 3.11. The molecule has 2 aromatic carbocycles. The Bertz CT molecular complexity index is 1070. The second-order valence-corrected chi connectivity index (χ2v) is 9.86. The van der Waals surface area contributed by atoms with E-state index in [-0.39, 0.29) is 19.2 Å². The number of benzene rings is 2. The van der Waals surface area contributed by atoms with Crippen molar-refractivity contribution in [2.75, 3.05) is 25.2 Å². The van der Waals surface area contributed by atoms with Crippen LogP contribution in [0.2, 0.25) is 0 Å². The topological polar surface area (TPSA) is 84.9 Å². The van der Waals surface area contributed by atoms with Crippen molar-refractivity contribution in [1.82, 2.24) is 4.31 Å². The van der Waals surface area contributed by atoms with Crippen LogP contribution in [0.25, 0.3) is 0 Å². The third-order valence-corrected chi connectivity index (χ3v) is 7.77. The molecule has 2 aliphatic heterocycles. The molecule has 0 radical (unpaired) electrons. The lowest BCUT2D eigenvalue weighted by atomic mass is 9.98. The van der Waals surface area contributed by atoms with Crippen LogP contribution in [0.15, 0.2) is 35.2 Å². The SMILES string of the molecule is Cc1cc(C)c(S(=O)(=O)N2CCC[C@H](C(=O)Nc3ccc4c(c3)OCO4)C2)c(C)c1. The second kappa shape index (κ2) is 7.92. The Morgan fingerprint density at radius 1 is 1.07 bits per heavy atom. The van der Waals surface area contributed by atoms with E-state index in [4.69, 9.17) is 9.47 Å². The average molecular weight is 431 g/mol. The summed E-state index contributed by atoms with van der Waals surface area (Å²) in [6.07, 6.45) is 1.29. The molecule has 2 heterocycles. The van der Waals surface area contributed by atoms with Gasteiger partial charge in [-0.15, -0.1) is 0 Å². The number of nitrogens with one attached hydrogen (secondary N) is 1. The highest BCUT2D eigenvalue weighted by atomic mass is 32.2. The van der Waals surface area contributed by atoms with Crippen molar-refractivity contribution in [2.24, 2.45) is 5.92 Å². The van der Waals surface area contributed by atoms with E-state index in [1.165, 1.54) is 4.31 Å². The number of rotatable bonds is 4. The number of carbonyl (C=O) groups is 1. The minimum atomic E-state index is -3.67. The number of sulfonamides is 1. The molecule has 160 valence electrons. The van der Waals surface area contributed by atoms with Gasteiger partial charge in [-0.1, -0.05) is 17.7 Å². The van der Waals surface area contributed by atoms with E-state index in [1.807, 2.05) is 32.9 Å². The van der Waals surface area contributed by atoms with Gasteiger partial charge in [-0.3, -0.25) is 4.79 Å². The smallest absolute Gasteiger partial charge is 0.243 e. The van der Waals surface area contributed by atoms with Gasteiger partial charge in [0.05, 0.1) is 10.8 Å². The predicted molar refractivity (Wildman–Crippen MR) is 113 cm³/mol. The van der Waals surface area contributed by atoms with Gasteiger partial charge < -0.3 is 14.8 Å². The number of piperidine rings is 1. The van der Waals surface area contributed by atoms with Gasteiger partial charge in [0.25, 0.3) is 0 Å². The van der Waals surface area contributed by atoms with Crippen LogP contribution in [0.1, 0.15) is 29.5 Å². The number of aryl methyl sites for hydroxylation is 3. The molecular formula is C22H26N2O5S. The quantitative estimate of drug-likeness (QED) is 0.804. The highest BCUT2D eigenvalue weighted by Crippen LogP contribution is 2.35. The normalized spacial score (nSPS) is 19.0. The number of ether oxygens (including phenoxy) is 2. The van der Waals surface area contributed by atoms with Crippen LogP contribution in [-0.2, 0) is 14.8 Å². The van der Waals surface area contributed by atoms with Crippen molar-refractivity contribution in [3.8, 4) is 11.5 Å². The Morgan fingerprint density at radius 3 is 2.50 bits per heavy atom. The van der Waals surface area contributed by atoms with Crippen molar-refractivity contribution >= 4 is 21.6 Å². The van der Waals surface area contributed by atoms with Crippen molar-refractivity contribution in [1.29, 1.82) is 0 Å². The minimum Gasteiger partial charge on any atom is -0.454 e. The maximum Gasteiger partial charge on any atom is 0.243 e. The molecule has 0 aromatic heterocycles. The molecule has 0 unspecified atom stereocenters. The van der Waals surface area contributed by atoms with Crippen LogP contribution >= 0.6 is 0 Å². The van der Waals surface area contributed by atoms with Crippen molar-refractivity contribution in [3.05, 3.63) is 47.0 Å². The van der Waals surface area contributed by atoms with Gasteiger partial charge in [0, 0.05) is 24.8 Å². The van der Waals surface area contributed by atoms with Crippen LogP contribution in [0, 0.1) is 26.7 Å². The van der Waals surface area contributed by atoms with E-state index in [9.17, 15) is 13.2 Å². The number of fused-ring (bicyclic) bond motifs is 1. The highest BCUT2D eigenvalue weighted by Gasteiger charge is 2.35. The fraction of sp³-hybridized carbons (Fsp3) is 0.409. The van der Waals surface area contributed by atoms with E-state index in [1.54, 1.807) is 18.2 Å². The zero-order valence-electron chi connectivity index (χ0n) is 17.4. The van der Waals surface area contributed by atoms with Crippen LogP contribution in [-0.4, -0.2) is 38.5 Å². The van der Waals surface area contributed by atoms with Crippen LogP contribution < -0.4 is 14.8 Å². The van der Waals surface area contributed by atoms with Gasteiger partial charge in [0.15, 0.2) is 11.5 Å². The Labute approximate surface area is 177 Å². The van der Waals surface area contributed by atoms with Gasteiger partial charge in [0.1, 0.15) is 0 Å². The molecule has 0 spiro atoms. The number of carbonyl (C=O) groups excluding carboxylic acids is 1. The zero-order chi connectivity index (χ0) is 21.5. The number of hydrogen-bond acceptors (Lipinski definition) is 5. The van der Waals surface area contributed by atoms with Crippen LogP contribution in [0.4, 0.5) is 5.69 Å². The number of amides is 1. The standard InChI is InChI=1S/C22H26N2O5S/c1-14-9-15(2)21(16(3)10-14)30(26,27)24-8-4-5-17(12-24)22(25)23-18-6-7-19-20(11-18)29-13-28-19/h6-7,9-11,17H,4-5,8,12-13H2,1-3H3,(H,23,25)/t17-/m0/s1. The summed E-state index contributed by atoms with van der Waals surface area (Å²) < 4.78 is 38.8. The summed E-state index contributed by atoms with van der Waals surface area (Å²) in [7, 11) is -3.67. The average Bonchev–Trinajstić information content (AvgIpc) is 3.15. The fourth-order valence-electron chi connectivity index (χ4n) is 4.30. The summed E-state index contributed by atoms with van der Waals surface area (Å²) in [4.78, 5) is 13.2. The summed E-state index contributed by atoms with van der Waals surface area (Å²) in [5.74, 6) is 0.633. The van der Waals surface area contributed by atoms with Gasteiger partial charge in [-0.05, 0) is 56.9 Å². The molecule has 30 heavy (non-hydrogen) atoms. The fourth-order valence-corrected chi connectivity index (χ4v) is 6.23. The molecule has 1 N–H and O–H groups in total. The molecule has 7 nitrogen and oxygen atoms in total. The van der Waals surface area contributed by atoms with E-state index < -0.39 is 15.9 Å². The van der Waals surface area contributed by atoms with Gasteiger partial charge >= 0.3 is 0 Å². The molecular weight excluding hydrogens is 404 g/mol. The van der Waals surface area contributed by atoms with Gasteiger partial charge in [0.2, 0.25) is 22.7 Å². The summed E-state index contributed by atoms with van der Waals surface area (Å²) >= 11 is 0. The van der Waals surface area contributed by atoms with Crippen molar-refractivity contribution in [2.45, 2.75) is 38.5 Å². The molecule has 1 fully saturated rings. The molecule has 4 rings (SSSR count). The molecule has 0 aliphatic carbocycles. The number of nitrogens with zero attached hydrogens (tertiary/aromatic N) is 1. The van der Waals surface area contributed by atoms with Gasteiger partial charge in [-0.2, -0.15) is 4.31 Å². The molecule has 8 heteroatoms. The maximum atomic E-state index is 13.4. The predicted octanol–water partition coefficient (Wildman–Crippen LogP) is 3.38. The zero-order valence-corrected chi connectivity index (χ0v) is 18.2. The molecule has 1 saturated heterocycles.